The van der Waals surface area contributed by atoms with Crippen LogP contribution in [-0.2, 0) is 4.79 Å². The van der Waals surface area contributed by atoms with Crippen LogP contribution < -0.4 is 15.8 Å². The molecule has 5 nitrogen and oxygen atoms in total. The van der Waals surface area contributed by atoms with Gasteiger partial charge in [0.05, 0.1) is 18.5 Å². The average molecular weight is 285 g/mol. The molecule has 1 aromatic heterocycles. The number of hydrogen-bond donors (Lipinski definition) is 2. The number of aromatic nitrogens is 1. The number of nitrogen functional groups attached to an aromatic ring is 1. The molecule has 1 atom stereocenters. The molecule has 0 aliphatic heterocycles. The maximum absolute atomic E-state index is 12.0. The molecule has 0 saturated carbocycles. The zero-order valence-electron chi connectivity index (χ0n) is 12.0. The number of rotatable bonds is 6. The Labute approximate surface area is 124 Å². The van der Waals surface area contributed by atoms with Crippen molar-refractivity contribution < 1.29 is 9.53 Å². The van der Waals surface area contributed by atoms with Crippen LogP contribution >= 0.6 is 0 Å². The molecule has 21 heavy (non-hydrogen) atoms. The quantitative estimate of drug-likeness (QED) is 0.855. The van der Waals surface area contributed by atoms with Crippen LogP contribution in [0, 0.1) is 5.92 Å². The lowest BCUT2D eigenvalue weighted by Gasteiger charge is -2.13. The molecule has 0 saturated heterocycles. The Morgan fingerprint density at radius 2 is 2.05 bits per heavy atom. The van der Waals surface area contributed by atoms with Crippen molar-refractivity contribution in [3.63, 3.8) is 0 Å². The lowest BCUT2D eigenvalue weighted by atomic mass is 10.1. The fourth-order valence-electron chi connectivity index (χ4n) is 1.75. The number of hydrogen-bond acceptors (Lipinski definition) is 4. The van der Waals surface area contributed by atoms with Crippen LogP contribution in [0.25, 0.3) is 0 Å². The van der Waals surface area contributed by atoms with Gasteiger partial charge in [-0.15, -0.1) is 0 Å². The lowest BCUT2D eigenvalue weighted by Crippen LogP contribution is -2.22. The maximum Gasteiger partial charge on any atom is 0.227 e. The molecule has 5 heteroatoms. The number of anilines is 2. The third-order valence-electron chi connectivity index (χ3n) is 3.06. The summed E-state index contributed by atoms with van der Waals surface area (Å²) in [7, 11) is 0. The summed E-state index contributed by atoms with van der Waals surface area (Å²) in [5.41, 5.74) is 6.14. The van der Waals surface area contributed by atoms with Gasteiger partial charge in [0.1, 0.15) is 11.6 Å². The van der Waals surface area contributed by atoms with Gasteiger partial charge in [-0.25, -0.2) is 4.98 Å². The molecule has 1 unspecified atom stereocenters. The van der Waals surface area contributed by atoms with Crippen LogP contribution in [0.2, 0.25) is 0 Å². The lowest BCUT2D eigenvalue weighted by molar-refractivity contribution is -0.119. The smallest absolute Gasteiger partial charge is 0.227 e. The van der Waals surface area contributed by atoms with Crippen molar-refractivity contribution in [3.05, 3.63) is 48.7 Å². The van der Waals surface area contributed by atoms with Crippen molar-refractivity contribution >= 4 is 17.4 Å². The SMILES string of the molecule is CC(CCOc1ccccc1)C(=O)Nc1ccc(N)nc1. The zero-order chi connectivity index (χ0) is 15.1. The molecule has 1 heterocycles. The van der Waals surface area contributed by atoms with Gasteiger partial charge in [-0.05, 0) is 30.7 Å². The Balaban J connectivity index is 1.76. The van der Waals surface area contributed by atoms with E-state index in [1.54, 1.807) is 18.3 Å². The first-order valence-corrected chi connectivity index (χ1v) is 6.85. The molecular weight excluding hydrogens is 266 g/mol. The number of amides is 1. The van der Waals surface area contributed by atoms with Gasteiger partial charge in [-0.2, -0.15) is 0 Å². The van der Waals surface area contributed by atoms with Crippen molar-refractivity contribution in [2.75, 3.05) is 17.7 Å². The summed E-state index contributed by atoms with van der Waals surface area (Å²) >= 11 is 0. The van der Waals surface area contributed by atoms with Crippen molar-refractivity contribution in [2.24, 2.45) is 5.92 Å². The number of pyridine rings is 1. The number of carbonyl (C=O) groups excluding carboxylic acids is 1. The second kappa shape index (κ2) is 7.28. The number of ether oxygens (including phenoxy) is 1. The molecule has 0 aliphatic carbocycles. The van der Waals surface area contributed by atoms with Gasteiger partial charge in [-0.3, -0.25) is 4.79 Å². The van der Waals surface area contributed by atoms with E-state index in [1.807, 2.05) is 37.3 Å². The molecule has 0 spiro atoms. The summed E-state index contributed by atoms with van der Waals surface area (Å²) in [5.74, 6) is 1.04. The Kier molecular flexibility index (Phi) is 5.15. The summed E-state index contributed by atoms with van der Waals surface area (Å²) in [6, 6.07) is 12.9. The largest absolute Gasteiger partial charge is 0.494 e. The highest BCUT2D eigenvalue weighted by Gasteiger charge is 2.13. The minimum Gasteiger partial charge on any atom is -0.494 e. The molecule has 0 bridgehead atoms. The summed E-state index contributed by atoms with van der Waals surface area (Å²) in [6.07, 6.45) is 2.18. The van der Waals surface area contributed by atoms with E-state index in [0.717, 1.165) is 5.75 Å². The van der Waals surface area contributed by atoms with Crippen molar-refractivity contribution in [1.82, 2.24) is 4.98 Å². The number of carbonyl (C=O) groups is 1. The van der Waals surface area contributed by atoms with Crippen LogP contribution in [0.4, 0.5) is 11.5 Å². The van der Waals surface area contributed by atoms with Gasteiger partial charge in [0.25, 0.3) is 0 Å². The molecule has 2 aromatic rings. The minimum atomic E-state index is -0.147. The number of nitrogens with one attached hydrogen (secondary N) is 1. The zero-order valence-corrected chi connectivity index (χ0v) is 12.0. The van der Waals surface area contributed by atoms with Gasteiger partial charge < -0.3 is 15.8 Å². The molecule has 3 N–H and O–H groups in total. The molecule has 1 amide bonds. The van der Waals surface area contributed by atoms with E-state index in [-0.39, 0.29) is 11.8 Å². The summed E-state index contributed by atoms with van der Waals surface area (Å²) in [4.78, 5) is 15.9. The molecular formula is C16H19N3O2. The van der Waals surface area contributed by atoms with Gasteiger partial charge in [0.15, 0.2) is 0 Å². The second-order valence-corrected chi connectivity index (χ2v) is 4.81. The number of benzene rings is 1. The first kappa shape index (κ1) is 14.8. The molecule has 2 rings (SSSR count). The summed E-state index contributed by atoms with van der Waals surface area (Å²) in [6.45, 7) is 2.37. The van der Waals surface area contributed by atoms with E-state index in [0.29, 0.717) is 24.5 Å². The molecule has 0 fully saturated rings. The Hall–Kier alpha value is -2.56. The number of nitrogens with two attached hydrogens (primary N) is 1. The topological polar surface area (TPSA) is 77.2 Å². The van der Waals surface area contributed by atoms with Crippen molar-refractivity contribution in [2.45, 2.75) is 13.3 Å². The highest BCUT2D eigenvalue weighted by molar-refractivity contribution is 5.92. The monoisotopic (exact) mass is 285 g/mol. The first-order chi connectivity index (χ1) is 10.1. The average Bonchev–Trinajstić information content (AvgIpc) is 2.50. The maximum atomic E-state index is 12.0. The Bertz CT molecular complexity index is 570. The normalized spacial score (nSPS) is 11.7. The predicted molar refractivity (Wildman–Crippen MR) is 83.0 cm³/mol. The van der Waals surface area contributed by atoms with E-state index < -0.39 is 0 Å². The molecule has 110 valence electrons. The number of para-hydroxylation sites is 1. The Morgan fingerprint density at radius 3 is 2.71 bits per heavy atom. The van der Waals surface area contributed by atoms with Crippen molar-refractivity contribution in [3.8, 4) is 5.75 Å². The second-order valence-electron chi connectivity index (χ2n) is 4.81. The van der Waals surface area contributed by atoms with Crippen molar-refractivity contribution in [1.29, 1.82) is 0 Å². The highest BCUT2D eigenvalue weighted by Crippen LogP contribution is 2.13. The van der Waals surface area contributed by atoms with Gasteiger partial charge in [-0.1, -0.05) is 25.1 Å². The van der Waals surface area contributed by atoms with Crippen LogP contribution in [0.3, 0.4) is 0 Å². The number of nitrogens with zero attached hydrogens (tertiary/aromatic N) is 1. The fraction of sp³-hybridized carbons (Fsp3) is 0.250. The standard InChI is InChI=1S/C16H19N3O2/c1-12(9-10-21-14-5-3-2-4-6-14)16(20)19-13-7-8-15(17)18-11-13/h2-8,11-12H,9-10H2,1H3,(H2,17,18)(H,19,20). The minimum absolute atomic E-state index is 0.0572. The van der Waals surface area contributed by atoms with Gasteiger partial charge >= 0.3 is 0 Å². The van der Waals surface area contributed by atoms with Gasteiger partial charge in [0.2, 0.25) is 5.91 Å². The molecule has 0 aliphatic rings. The fourth-order valence-corrected chi connectivity index (χ4v) is 1.75. The van der Waals surface area contributed by atoms with Gasteiger partial charge in [0, 0.05) is 5.92 Å². The van der Waals surface area contributed by atoms with E-state index in [2.05, 4.69) is 10.3 Å². The van der Waals surface area contributed by atoms with E-state index >= 15 is 0 Å². The summed E-state index contributed by atoms with van der Waals surface area (Å²) in [5, 5.41) is 2.81. The van der Waals surface area contributed by atoms with Crippen LogP contribution in [-0.4, -0.2) is 17.5 Å². The van der Waals surface area contributed by atoms with Crippen LogP contribution in [0.15, 0.2) is 48.7 Å². The third-order valence-corrected chi connectivity index (χ3v) is 3.06. The molecule has 1 aromatic carbocycles. The van der Waals surface area contributed by atoms with Crippen LogP contribution in [0.5, 0.6) is 5.75 Å². The van der Waals surface area contributed by atoms with E-state index in [9.17, 15) is 4.79 Å². The van der Waals surface area contributed by atoms with Crippen LogP contribution in [0.1, 0.15) is 13.3 Å². The Morgan fingerprint density at radius 1 is 1.29 bits per heavy atom. The van der Waals surface area contributed by atoms with E-state index in [4.69, 9.17) is 10.5 Å². The van der Waals surface area contributed by atoms with E-state index in [1.165, 1.54) is 0 Å². The first-order valence-electron chi connectivity index (χ1n) is 6.85. The third kappa shape index (κ3) is 4.80. The molecule has 0 radical (unpaired) electrons. The summed E-state index contributed by atoms with van der Waals surface area (Å²) < 4.78 is 5.58. The highest BCUT2D eigenvalue weighted by atomic mass is 16.5. The predicted octanol–water partition coefficient (Wildman–Crippen LogP) is 2.71.